The van der Waals surface area contributed by atoms with Crippen molar-refractivity contribution in [3.63, 3.8) is 0 Å². The molecule has 2 aromatic heterocycles. The van der Waals surface area contributed by atoms with Crippen LogP contribution in [0.3, 0.4) is 0 Å². The molecule has 1 saturated carbocycles. The van der Waals surface area contributed by atoms with Gasteiger partial charge in [-0.15, -0.1) is 10.2 Å². The highest BCUT2D eigenvalue weighted by molar-refractivity contribution is 5.97. The lowest BCUT2D eigenvalue weighted by Gasteiger charge is -2.28. The van der Waals surface area contributed by atoms with Crippen molar-refractivity contribution in [2.45, 2.75) is 45.1 Å². The number of hydrogen-bond donors (Lipinski definition) is 5. The Labute approximate surface area is 238 Å². The molecule has 0 unspecified atom stereocenters. The summed E-state index contributed by atoms with van der Waals surface area (Å²) >= 11 is 0. The third-order valence-corrected chi connectivity index (χ3v) is 7.73. The Bertz CT molecular complexity index is 1480. The maximum atomic E-state index is 13.6. The molecule has 0 aliphatic heterocycles. The molecule has 2 aromatic carbocycles. The normalized spacial score (nSPS) is 17.5. The van der Waals surface area contributed by atoms with Gasteiger partial charge in [-0.05, 0) is 97.8 Å². The van der Waals surface area contributed by atoms with Gasteiger partial charge in [-0.2, -0.15) is 5.21 Å². The van der Waals surface area contributed by atoms with Crippen LogP contribution >= 0.6 is 0 Å². The van der Waals surface area contributed by atoms with Crippen molar-refractivity contribution in [3.8, 4) is 22.5 Å². The third kappa shape index (κ3) is 6.93. The number of amides is 2. The summed E-state index contributed by atoms with van der Waals surface area (Å²) in [5.41, 5.74) is 16.7. The molecular weight excluding hydrogens is 518 g/mol. The first-order chi connectivity index (χ1) is 19.9. The van der Waals surface area contributed by atoms with Gasteiger partial charge < -0.3 is 22.1 Å². The standard InChI is InChI=1S/C30H35N9O2/c1-18-25(13-14-27(32)33-18)23-4-2-3-20(15-23)16-26(35-29(40)22-7-5-19(17-31)6-8-22)30(41)34-24-11-9-21(10-12-24)28-36-38-39-37-28/h2-4,9-15,19,22,26H,5-8,16-17,31H2,1H3,(H2,32,33)(H,34,41)(H,35,40)(H,36,37,38,39)/t19?,22?,26-/m0/s1. The molecule has 1 fully saturated rings. The second-order valence-electron chi connectivity index (χ2n) is 10.6. The van der Waals surface area contributed by atoms with Crippen molar-refractivity contribution in [3.05, 3.63) is 71.9 Å². The second-order valence-corrected chi connectivity index (χ2v) is 10.6. The number of benzene rings is 2. The van der Waals surface area contributed by atoms with Gasteiger partial charge in [-0.25, -0.2) is 4.98 Å². The molecule has 7 N–H and O–H groups in total. The van der Waals surface area contributed by atoms with Crippen LogP contribution < -0.4 is 22.1 Å². The van der Waals surface area contributed by atoms with Crippen molar-refractivity contribution >= 4 is 23.3 Å². The van der Waals surface area contributed by atoms with E-state index in [1.54, 1.807) is 30.3 Å². The SMILES string of the molecule is Cc1nc(N)ccc1-c1cccc(C[C@H](NC(=O)C2CCC(CN)CC2)C(=O)Nc2ccc(-c3nn[nH]n3)cc2)c1. The molecule has 11 nitrogen and oxygen atoms in total. The van der Waals surface area contributed by atoms with Gasteiger partial charge in [-0.3, -0.25) is 9.59 Å². The van der Waals surface area contributed by atoms with E-state index in [1.165, 1.54) is 0 Å². The van der Waals surface area contributed by atoms with Crippen molar-refractivity contribution in [2.75, 3.05) is 17.6 Å². The summed E-state index contributed by atoms with van der Waals surface area (Å²) in [6, 6.07) is 18.0. The fourth-order valence-corrected chi connectivity index (χ4v) is 5.36. The summed E-state index contributed by atoms with van der Waals surface area (Å²) in [7, 11) is 0. The fraction of sp³-hybridized carbons (Fsp3) is 0.333. The quantitative estimate of drug-likeness (QED) is 0.210. The molecule has 4 aromatic rings. The molecule has 0 radical (unpaired) electrons. The van der Waals surface area contributed by atoms with Gasteiger partial charge in [0.15, 0.2) is 0 Å². The molecule has 0 saturated heterocycles. The van der Waals surface area contributed by atoms with E-state index >= 15 is 0 Å². The van der Waals surface area contributed by atoms with Crippen LogP contribution in [0.2, 0.25) is 0 Å². The van der Waals surface area contributed by atoms with Crippen LogP contribution in [0, 0.1) is 18.8 Å². The van der Waals surface area contributed by atoms with Gasteiger partial charge >= 0.3 is 0 Å². The van der Waals surface area contributed by atoms with Crippen LogP contribution in [-0.2, 0) is 16.0 Å². The Balaban J connectivity index is 1.34. The molecular formula is C30H35N9O2. The van der Waals surface area contributed by atoms with Crippen LogP contribution in [0.1, 0.15) is 36.9 Å². The van der Waals surface area contributed by atoms with Crippen LogP contribution in [0.4, 0.5) is 11.5 Å². The minimum absolute atomic E-state index is 0.0946. The minimum Gasteiger partial charge on any atom is -0.384 e. The zero-order chi connectivity index (χ0) is 28.8. The van der Waals surface area contributed by atoms with E-state index in [2.05, 4.69) is 36.2 Å². The van der Waals surface area contributed by atoms with Gasteiger partial charge in [0.1, 0.15) is 11.9 Å². The minimum atomic E-state index is -0.771. The number of nitrogens with zero attached hydrogens (tertiary/aromatic N) is 4. The third-order valence-electron chi connectivity index (χ3n) is 7.73. The van der Waals surface area contributed by atoms with E-state index in [4.69, 9.17) is 11.5 Å². The number of aromatic amines is 1. The number of nitrogen functional groups attached to an aromatic ring is 1. The van der Waals surface area contributed by atoms with Gasteiger partial charge in [0, 0.05) is 34.8 Å². The second kappa shape index (κ2) is 12.7. The molecule has 5 rings (SSSR count). The number of H-pyrrole nitrogens is 1. The number of anilines is 2. The number of carbonyl (C=O) groups is 2. The molecule has 2 amide bonds. The molecule has 0 spiro atoms. The van der Waals surface area contributed by atoms with Crippen LogP contribution in [-0.4, -0.2) is 50.0 Å². The monoisotopic (exact) mass is 553 g/mol. The van der Waals surface area contributed by atoms with Crippen molar-refractivity contribution in [1.82, 2.24) is 30.9 Å². The highest BCUT2D eigenvalue weighted by atomic mass is 16.2. The topological polar surface area (TPSA) is 178 Å². The number of aryl methyl sites for hydroxylation is 1. The molecule has 0 bridgehead atoms. The summed E-state index contributed by atoms with van der Waals surface area (Å²) < 4.78 is 0. The zero-order valence-corrected chi connectivity index (χ0v) is 23.0. The number of nitrogens with one attached hydrogen (secondary N) is 3. The van der Waals surface area contributed by atoms with Crippen molar-refractivity contribution in [1.29, 1.82) is 0 Å². The number of rotatable bonds is 9. The van der Waals surface area contributed by atoms with E-state index in [-0.39, 0.29) is 17.7 Å². The van der Waals surface area contributed by atoms with Crippen molar-refractivity contribution in [2.24, 2.45) is 17.6 Å². The van der Waals surface area contributed by atoms with Gasteiger partial charge in [0.25, 0.3) is 0 Å². The summed E-state index contributed by atoms with van der Waals surface area (Å²) in [5.74, 6) is 0.871. The van der Waals surface area contributed by atoms with E-state index in [0.29, 0.717) is 36.2 Å². The van der Waals surface area contributed by atoms with E-state index in [0.717, 1.165) is 53.6 Å². The van der Waals surface area contributed by atoms with Crippen LogP contribution in [0.15, 0.2) is 60.7 Å². The number of tetrazole rings is 1. The smallest absolute Gasteiger partial charge is 0.247 e. The predicted octanol–water partition coefficient (Wildman–Crippen LogP) is 3.25. The van der Waals surface area contributed by atoms with Gasteiger partial charge in [0.2, 0.25) is 17.6 Å². The van der Waals surface area contributed by atoms with Gasteiger partial charge in [-0.1, -0.05) is 24.3 Å². The highest BCUT2D eigenvalue weighted by Crippen LogP contribution is 2.29. The number of nitrogens with two attached hydrogens (primary N) is 2. The molecule has 11 heteroatoms. The molecule has 1 aliphatic rings. The first kappa shape index (κ1) is 27.9. The highest BCUT2D eigenvalue weighted by Gasteiger charge is 2.29. The number of carbonyl (C=O) groups excluding carboxylic acids is 2. The van der Waals surface area contributed by atoms with E-state index in [9.17, 15) is 9.59 Å². The summed E-state index contributed by atoms with van der Waals surface area (Å²) in [5, 5.41) is 20.0. The number of pyridine rings is 1. The summed E-state index contributed by atoms with van der Waals surface area (Å²) in [6.07, 6.45) is 3.73. The Kier molecular flexibility index (Phi) is 8.64. The van der Waals surface area contributed by atoms with Gasteiger partial charge in [0.05, 0.1) is 0 Å². The lowest BCUT2D eigenvalue weighted by atomic mass is 9.81. The maximum absolute atomic E-state index is 13.6. The first-order valence-electron chi connectivity index (χ1n) is 13.9. The maximum Gasteiger partial charge on any atom is 0.247 e. The molecule has 1 aliphatic carbocycles. The first-order valence-corrected chi connectivity index (χ1v) is 13.9. The van der Waals surface area contributed by atoms with E-state index in [1.807, 2.05) is 37.3 Å². The Hall–Kier alpha value is -4.64. The molecule has 212 valence electrons. The lowest BCUT2D eigenvalue weighted by molar-refractivity contribution is -0.130. The fourth-order valence-electron chi connectivity index (χ4n) is 5.36. The lowest BCUT2D eigenvalue weighted by Crippen LogP contribution is -2.48. The molecule has 2 heterocycles. The van der Waals surface area contributed by atoms with Crippen LogP contribution in [0.25, 0.3) is 22.5 Å². The Morgan fingerprint density at radius 2 is 1.80 bits per heavy atom. The summed E-state index contributed by atoms with van der Waals surface area (Å²) in [4.78, 5) is 31.3. The molecule has 41 heavy (non-hydrogen) atoms. The zero-order valence-electron chi connectivity index (χ0n) is 23.0. The predicted molar refractivity (Wildman–Crippen MR) is 157 cm³/mol. The average Bonchev–Trinajstić information content (AvgIpc) is 3.52. The number of aromatic nitrogens is 5. The molecule has 1 atom stereocenters. The largest absolute Gasteiger partial charge is 0.384 e. The van der Waals surface area contributed by atoms with Crippen molar-refractivity contribution < 1.29 is 9.59 Å². The summed E-state index contributed by atoms with van der Waals surface area (Å²) in [6.45, 7) is 2.56. The number of hydrogen-bond acceptors (Lipinski definition) is 8. The average molecular weight is 554 g/mol. The Morgan fingerprint density at radius 3 is 2.49 bits per heavy atom. The van der Waals surface area contributed by atoms with Crippen LogP contribution in [0.5, 0.6) is 0 Å². The van der Waals surface area contributed by atoms with E-state index < -0.39 is 6.04 Å². The Morgan fingerprint density at radius 1 is 1.02 bits per heavy atom.